The Kier molecular flexibility index (Phi) is 4.76. The largest absolute Gasteiger partial charge is 0.497 e. The number of rotatable bonds is 6. The van der Waals surface area contributed by atoms with Crippen molar-refractivity contribution in [2.24, 2.45) is 0 Å². The summed E-state index contributed by atoms with van der Waals surface area (Å²) in [7, 11) is 1.62. The van der Waals surface area contributed by atoms with Crippen LogP contribution in [0.15, 0.2) is 28.8 Å². The van der Waals surface area contributed by atoms with Gasteiger partial charge in [-0.05, 0) is 31.5 Å². The molecule has 1 aromatic carbocycles. The molecule has 0 fully saturated rings. The van der Waals surface area contributed by atoms with Crippen LogP contribution in [0.1, 0.15) is 28.7 Å². The number of methoxy groups -OCH3 is 1. The van der Waals surface area contributed by atoms with Crippen molar-refractivity contribution >= 4 is 0 Å². The van der Waals surface area contributed by atoms with Crippen LogP contribution in [0, 0.1) is 13.8 Å². The van der Waals surface area contributed by atoms with Gasteiger partial charge >= 0.3 is 0 Å². The lowest BCUT2D eigenvalue weighted by atomic mass is 10.1. The van der Waals surface area contributed by atoms with Crippen LogP contribution in [0.4, 0.5) is 0 Å². The molecule has 108 valence electrons. The highest BCUT2D eigenvalue weighted by Crippen LogP contribution is 2.17. The molecule has 5 nitrogen and oxygen atoms in total. The van der Waals surface area contributed by atoms with Crippen LogP contribution in [0.25, 0.3) is 0 Å². The van der Waals surface area contributed by atoms with Crippen molar-refractivity contribution < 1.29 is 14.4 Å². The summed E-state index contributed by atoms with van der Waals surface area (Å²) in [6.07, 6.45) is -0.554. The van der Waals surface area contributed by atoms with Gasteiger partial charge in [0.15, 0.2) is 0 Å². The number of aliphatic hydroxyl groups excluding tert-OH is 1. The number of hydrogen-bond donors (Lipinski definition) is 2. The van der Waals surface area contributed by atoms with Gasteiger partial charge in [-0.2, -0.15) is 0 Å². The SMILES string of the molecule is COc1ccc(C(O)CNCc2c(C)noc2C)cc1. The highest BCUT2D eigenvalue weighted by atomic mass is 16.5. The summed E-state index contributed by atoms with van der Waals surface area (Å²) >= 11 is 0. The average molecular weight is 276 g/mol. The van der Waals surface area contributed by atoms with E-state index >= 15 is 0 Å². The van der Waals surface area contributed by atoms with Crippen molar-refractivity contribution in [1.82, 2.24) is 10.5 Å². The van der Waals surface area contributed by atoms with Crippen LogP contribution in [-0.2, 0) is 6.54 Å². The van der Waals surface area contributed by atoms with E-state index in [9.17, 15) is 5.11 Å². The van der Waals surface area contributed by atoms with Gasteiger partial charge in [-0.25, -0.2) is 0 Å². The van der Waals surface area contributed by atoms with Gasteiger partial charge < -0.3 is 19.7 Å². The van der Waals surface area contributed by atoms with Crippen LogP contribution < -0.4 is 10.1 Å². The van der Waals surface area contributed by atoms with E-state index < -0.39 is 6.10 Å². The van der Waals surface area contributed by atoms with Gasteiger partial charge in [0.2, 0.25) is 0 Å². The summed E-state index contributed by atoms with van der Waals surface area (Å²) < 4.78 is 10.2. The van der Waals surface area contributed by atoms with E-state index in [2.05, 4.69) is 10.5 Å². The summed E-state index contributed by atoms with van der Waals surface area (Å²) in [5.41, 5.74) is 2.79. The molecule has 2 aromatic rings. The maximum Gasteiger partial charge on any atom is 0.138 e. The van der Waals surface area contributed by atoms with Crippen molar-refractivity contribution in [3.8, 4) is 5.75 Å². The van der Waals surface area contributed by atoms with Gasteiger partial charge in [-0.15, -0.1) is 0 Å². The number of benzene rings is 1. The molecule has 0 bridgehead atoms. The normalized spacial score (nSPS) is 12.4. The molecule has 5 heteroatoms. The second kappa shape index (κ2) is 6.54. The van der Waals surface area contributed by atoms with Gasteiger partial charge in [0.1, 0.15) is 11.5 Å². The van der Waals surface area contributed by atoms with Crippen molar-refractivity contribution in [3.05, 3.63) is 46.8 Å². The minimum absolute atomic E-state index is 0.469. The Hall–Kier alpha value is -1.85. The molecule has 0 saturated carbocycles. The quantitative estimate of drug-likeness (QED) is 0.846. The molecular weight excluding hydrogens is 256 g/mol. The Morgan fingerprint density at radius 3 is 2.55 bits per heavy atom. The molecule has 1 aromatic heterocycles. The number of hydrogen-bond acceptors (Lipinski definition) is 5. The lowest BCUT2D eigenvalue weighted by Gasteiger charge is -2.12. The number of aryl methyl sites for hydroxylation is 2. The zero-order valence-electron chi connectivity index (χ0n) is 12.0. The molecule has 0 aliphatic rings. The molecular formula is C15H20N2O3. The zero-order valence-corrected chi connectivity index (χ0v) is 12.0. The Morgan fingerprint density at radius 2 is 2.00 bits per heavy atom. The van der Waals surface area contributed by atoms with E-state index in [0.717, 1.165) is 28.3 Å². The van der Waals surface area contributed by atoms with E-state index in [1.165, 1.54) is 0 Å². The van der Waals surface area contributed by atoms with Gasteiger partial charge in [-0.1, -0.05) is 17.3 Å². The molecule has 0 saturated heterocycles. The summed E-state index contributed by atoms with van der Waals surface area (Å²) in [5, 5.41) is 17.2. The third kappa shape index (κ3) is 3.37. The third-order valence-corrected chi connectivity index (χ3v) is 3.32. The molecule has 0 amide bonds. The molecule has 0 aliphatic heterocycles. The zero-order chi connectivity index (χ0) is 14.5. The number of aromatic nitrogens is 1. The van der Waals surface area contributed by atoms with Crippen LogP contribution in [-0.4, -0.2) is 23.9 Å². The first-order chi connectivity index (χ1) is 9.61. The summed E-state index contributed by atoms with van der Waals surface area (Å²) in [6.45, 7) is 4.90. The molecule has 0 aliphatic carbocycles. The van der Waals surface area contributed by atoms with Crippen LogP contribution in [0.3, 0.4) is 0 Å². The maximum absolute atomic E-state index is 10.1. The second-order valence-corrected chi connectivity index (χ2v) is 4.72. The van der Waals surface area contributed by atoms with Crippen molar-refractivity contribution in [1.29, 1.82) is 0 Å². The fourth-order valence-electron chi connectivity index (χ4n) is 2.03. The van der Waals surface area contributed by atoms with Crippen LogP contribution >= 0.6 is 0 Å². The Balaban J connectivity index is 1.87. The van der Waals surface area contributed by atoms with Gasteiger partial charge in [0, 0.05) is 18.7 Å². The summed E-state index contributed by atoms with van der Waals surface area (Å²) in [4.78, 5) is 0. The molecule has 1 unspecified atom stereocenters. The van der Waals surface area contributed by atoms with Gasteiger partial charge in [0.25, 0.3) is 0 Å². The maximum atomic E-state index is 10.1. The lowest BCUT2D eigenvalue weighted by molar-refractivity contribution is 0.174. The first-order valence-corrected chi connectivity index (χ1v) is 6.56. The monoisotopic (exact) mass is 276 g/mol. The van der Waals surface area contributed by atoms with Crippen molar-refractivity contribution in [3.63, 3.8) is 0 Å². The smallest absolute Gasteiger partial charge is 0.138 e. The minimum Gasteiger partial charge on any atom is -0.497 e. The fraction of sp³-hybridized carbons (Fsp3) is 0.400. The minimum atomic E-state index is -0.554. The Morgan fingerprint density at radius 1 is 1.30 bits per heavy atom. The number of nitrogens with one attached hydrogen (secondary N) is 1. The molecule has 0 spiro atoms. The highest BCUT2D eigenvalue weighted by molar-refractivity contribution is 5.28. The van der Waals surface area contributed by atoms with E-state index in [-0.39, 0.29) is 0 Å². The van der Waals surface area contributed by atoms with E-state index in [1.807, 2.05) is 38.1 Å². The number of aliphatic hydroxyl groups is 1. The summed E-state index contributed by atoms with van der Waals surface area (Å²) in [5.74, 6) is 1.60. The third-order valence-electron chi connectivity index (χ3n) is 3.32. The van der Waals surface area contributed by atoms with Crippen molar-refractivity contribution in [2.45, 2.75) is 26.5 Å². The topological polar surface area (TPSA) is 67.5 Å². The predicted octanol–water partition coefficient (Wildman–Crippen LogP) is 2.12. The first kappa shape index (κ1) is 14.6. The van der Waals surface area contributed by atoms with Crippen LogP contribution in [0.5, 0.6) is 5.75 Å². The number of ether oxygens (including phenoxy) is 1. The second-order valence-electron chi connectivity index (χ2n) is 4.72. The standard InChI is InChI=1S/C15H20N2O3/c1-10-14(11(2)20-17-10)8-16-9-15(18)12-4-6-13(19-3)7-5-12/h4-7,15-16,18H,8-9H2,1-3H3. The average Bonchev–Trinajstić information content (AvgIpc) is 2.79. The molecule has 1 heterocycles. The lowest BCUT2D eigenvalue weighted by Crippen LogP contribution is -2.21. The molecule has 2 N–H and O–H groups in total. The molecule has 2 rings (SSSR count). The van der Waals surface area contributed by atoms with E-state index in [1.54, 1.807) is 7.11 Å². The summed E-state index contributed by atoms with van der Waals surface area (Å²) in [6, 6.07) is 7.40. The fourth-order valence-corrected chi connectivity index (χ4v) is 2.03. The Bertz CT molecular complexity index is 529. The Labute approximate surface area is 118 Å². The number of nitrogens with zero attached hydrogens (tertiary/aromatic N) is 1. The predicted molar refractivity (Wildman–Crippen MR) is 75.6 cm³/mol. The first-order valence-electron chi connectivity index (χ1n) is 6.56. The van der Waals surface area contributed by atoms with Gasteiger partial charge in [-0.3, -0.25) is 0 Å². The molecule has 20 heavy (non-hydrogen) atoms. The van der Waals surface area contributed by atoms with Crippen molar-refractivity contribution in [2.75, 3.05) is 13.7 Å². The highest BCUT2D eigenvalue weighted by Gasteiger charge is 2.11. The van der Waals surface area contributed by atoms with Crippen LogP contribution in [0.2, 0.25) is 0 Å². The van der Waals surface area contributed by atoms with E-state index in [0.29, 0.717) is 13.1 Å². The van der Waals surface area contributed by atoms with Gasteiger partial charge in [0.05, 0.1) is 18.9 Å². The van der Waals surface area contributed by atoms with E-state index in [4.69, 9.17) is 9.26 Å². The molecule has 0 radical (unpaired) electrons. The molecule has 1 atom stereocenters.